The monoisotopic (exact) mass is 339 g/mol. The van der Waals surface area contributed by atoms with Crippen LogP contribution in [0.5, 0.6) is 5.75 Å². The Morgan fingerprint density at radius 2 is 1.92 bits per heavy atom. The number of aliphatic hydroxyl groups excluding tert-OH is 1. The SMILES string of the molecule is CC(CO)N(C)C(=O)c1ccc(COc2ccc3ccccc3c2)o1. The number of carbonyl (C=O) groups is 1. The molecule has 2 aromatic carbocycles. The normalized spacial score (nSPS) is 12.1. The van der Waals surface area contributed by atoms with Gasteiger partial charge in [-0.05, 0) is 42.0 Å². The molecular formula is C20H21NO4. The summed E-state index contributed by atoms with van der Waals surface area (Å²) in [6.45, 7) is 1.91. The number of nitrogens with zero attached hydrogens (tertiary/aromatic N) is 1. The first-order valence-corrected chi connectivity index (χ1v) is 8.17. The zero-order chi connectivity index (χ0) is 17.8. The number of likely N-dealkylation sites (N-methyl/N-ethyl adjacent to an activating group) is 1. The Bertz CT molecular complexity index is 871. The minimum Gasteiger partial charge on any atom is -0.486 e. The molecule has 1 unspecified atom stereocenters. The molecule has 0 spiro atoms. The zero-order valence-electron chi connectivity index (χ0n) is 14.3. The first kappa shape index (κ1) is 17.0. The quantitative estimate of drug-likeness (QED) is 0.747. The van der Waals surface area contributed by atoms with Crippen molar-refractivity contribution < 1.29 is 19.1 Å². The van der Waals surface area contributed by atoms with Gasteiger partial charge in [-0.25, -0.2) is 0 Å². The molecule has 0 aliphatic rings. The van der Waals surface area contributed by atoms with Crippen LogP contribution in [-0.2, 0) is 6.61 Å². The fourth-order valence-corrected chi connectivity index (χ4v) is 2.48. The molecule has 3 rings (SSSR count). The van der Waals surface area contributed by atoms with E-state index in [1.54, 1.807) is 26.1 Å². The van der Waals surface area contributed by atoms with Gasteiger partial charge in [0, 0.05) is 7.05 Å². The van der Waals surface area contributed by atoms with Crippen LogP contribution >= 0.6 is 0 Å². The number of rotatable bonds is 6. The van der Waals surface area contributed by atoms with Gasteiger partial charge in [0.25, 0.3) is 5.91 Å². The number of benzene rings is 2. The maximum absolute atomic E-state index is 12.3. The number of hydrogen-bond acceptors (Lipinski definition) is 4. The maximum Gasteiger partial charge on any atom is 0.289 e. The second-order valence-corrected chi connectivity index (χ2v) is 6.01. The average molecular weight is 339 g/mol. The fraction of sp³-hybridized carbons (Fsp3) is 0.250. The van der Waals surface area contributed by atoms with Gasteiger partial charge in [-0.2, -0.15) is 0 Å². The minimum atomic E-state index is -0.269. The van der Waals surface area contributed by atoms with Crippen LogP contribution in [0.15, 0.2) is 59.0 Å². The second kappa shape index (κ2) is 7.40. The van der Waals surface area contributed by atoms with Crippen molar-refractivity contribution in [3.8, 4) is 5.75 Å². The van der Waals surface area contributed by atoms with Gasteiger partial charge in [0.2, 0.25) is 0 Å². The Morgan fingerprint density at radius 1 is 1.16 bits per heavy atom. The summed E-state index contributed by atoms with van der Waals surface area (Å²) < 4.78 is 11.3. The van der Waals surface area contributed by atoms with Crippen molar-refractivity contribution in [2.45, 2.75) is 19.6 Å². The standard InChI is InChI=1S/C20H21NO4/c1-14(12-22)21(2)20(23)19-10-9-18(25-19)13-24-17-8-7-15-5-3-4-6-16(15)11-17/h3-11,14,22H,12-13H2,1-2H3. The Balaban J connectivity index is 1.65. The Kier molecular flexibility index (Phi) is 5.05. The lowest BCUT2D eigenvalue weighted by molar-refractivity contribution is 0.0647. The summed E-state index contributed by atoms with van der Waals surface area (Å²) in [5.74, 6) is 1.29. The average Bonchev–Trinajstić information content (AvgIpc) is 3.13. The molecule has 25 heavy (non-hydrogen) atoms. The molecule has 1 amide bonds. The number of fused-ring (bicyclic) bond motifs is 1. The minimum absolute atomic E-state index is 0.0963. The van der Waals surface area contributed by atoms with E-state index < -0.39 is 0 Å². The van der Waals surface area contributed by atoms with Gasteiger partial charge in [0.05, 0.1) is 12.6 Å². The Labute approximate surface area is 146 Å². The zero-order valence-corrected chi connectivity index (χ0v) is 14.3. The predicted molar refractivity (Wildman–Crippen MR) is 95.6 cm³/mol. The van der Waals surface area contributed by atoms with Crippen molar-refractivity contribution in [3.63, 3.8) is 0 Å². The molecule has 1 heterocycles. The van der Waals surface area contributed by atoms with Gasteiger partial charge < -0.3 is 19.2 Å². The van der Waals surface area contributed by atoms with E-state index >= 15 is 0 Å². The maximum atomic E-state index is 12.3. The second-order valence-electron chi connectivity index (χ2n) is 6.01. The highest BCUT2D eigenvalue weighted by molar-refractivity contribution is 5.91. The third-order valence-corrected chi connectivity index (χ3v) is 4.22. The molecule has 0 saturated carbocycles. The molecule has 130 valence electrons. The van der Waals surface area contributed by atoms with Gasteiger partial charge in [-0.3, -0.25) is 4.79 Å². The van der Waals surface area contributed by atoms with E-state index in [2.05, 4.69) is 0 Å². The highest BCUT2D eigenvalue weighted by Crippen LogP contribution is 2.22. The van der Waals surface area contributed by atoms with Crippen molar-refractivity contribution in [1.82, 2.24) is 4.90 Å². The summed E-state index contributed by atoms with van der Waals surface area (Å²) >= 11 is 0. The van der Waals surface area contributed by atoms with E-state index in [1.807, 2.05) is 42.5 Å². The van der Waals surface area contributed by atoms with E-state index in [4.69, 9.17) is 14.3 Å². The van der Waals surface area contributed by atoms with Crippen molar-refractivity contribution in [2.24, 2.45) is 0 Å². The van der Waals surface area contributed by atoms with Crippen LogP contribution in [0.25, 0.3) is 10.8 Å². The molecule has 1 N–H and O–H groups in total. The topological polar surface area (TPSA) is 62.9 Å². The van der Waals surface area contributed by atoms with E-state index in [9.17, 15) is 4.79 Å². The van der Waals surface area contributed by atoms with E-state index in [-0.39, 0.29) is 30.9 Å². The van der Waals surface area contributed by atoms with Crippen LogP contribution in [0.1, 0.15) is 23.2 Å². The molecule has 0 bridgehead atoms. The highest BCUT2D eigenvalue weighted by atomic mass is 16.5. The van der Waals surface area contributed by atoms with Gasteiger partial charge in [0.15, 0.2) is 5.76 Å². The fourth-order valence-electron chi connectivity index (χ4n) is 2.48. The van der Waals surface area contributed by atoms with Crippen LogP contribution in [0.2, 0.25) is 0 Å². The molecule has 0 aliphatic heterocycles. The van der Waals surface area contributed by atoms with Gasteiger partial charge >= 0.3 is 0 Å². The van der Waals surface area contributed by atoms with Crippen molar-refractivity contribution in [1.29, 1.82) is 0 Å². The van der Waals surface area contributed by atoms with E-state index in [0.717, 1.165) is 16.5 Å². The first-order valence-electron chi connectivity index (χ1n) is 8.17. The molecule has 5 nitrogen and oxygen atoms in total. The lowest BCUT2D eigenvalue weighted by Gasteiger charge is -2.21. The van der Waals surface area contributed by atoms with Gasteiger partial charge in [-0.1, -0.05) is 30.3 Å². The van der Waals surface area contributed by atoms with Crippen LogP contribution in [0.3, 0.4) is 0 Å². The molecule has 1 atom stereocenters. The van der Waals surface area contributed by atoms with E-state index in [1.165, 1.54) is 4.90 Å². The summed E-state index contributed by atoms with van der Waals surface area (Å²) in [6, 6.07) is 17.0. The molecule has 5 heteroatoms. The Morgan fingerprint density at radius 3 is 2.68 bits per heavy atom. The van der Waals surface area contributed by atoms with Crippen molar-refractivity contribution in [2.75, 3.05) is 13.7 Å². The van der Waals surface area contributed by atoms with E-state index in [0.29, 0.717) is 5.76 Å². The third-order valence-electron chi connectivity index (χ3n) is 4.22. The summed E-state index contributed by atoms with van der Waals surface area (Å²) in [4.78, 5) is 13.7. The van der Waals surface area contributed by atoms with Crippen LogP contribution in [0, 0.1) is 0 Å². The summed E-state index contributed by atoms with van der Waals surface area (Å²) in [5.41, 5.74) is 0. The van der Waals surface area contributed by atoms with Crippen LogP contribution in [-0.4, -0.2) is 35.6 Å². The molecule has 0 saturated heterocycles. The largest absolute Gasteiger partial charge is 0.486 e. The Hall–Kier alpha value is -2.79. The third kappa shape index (κ3) is 3.83. The van der Waals surface area contributed by atoms with Crippen LogP contribution in [0.4, 0.5) is 0 Å². The smallest absolute Gasteiger partial charge is 0.289 e. The first-order chi connectivity index (χ1) is 12.1. The molecule has 0 fully saturated rings. The molecule has 0 aliphatic carbocycles. The number of carbonyl (C=O) groups excluding carboxylic acids is 1. The number of aliphatic hydroxyl groups is 1. The predicted octanol–water partition coefficient (Wildman–Crippen LogP) is 3.46. The molecule has 3 aromatic rings. The number of hydrogen-bond donors (Lipinski definition) is 1. The van der Waals surface area contributed by atoms with Gasteiger partial charge in [-0.15, -0.1) is 0 Å². The molecular weight excluding hydrogens is 318 g/mol. The number of furan rings is 1. The van der Waals surface area contributed by atoms with Gasteiger partial charge in [0.1, 0.15) is 18.1 Å². The van der Waals surface area contributed by atoms with Crippen molar-refractivity contribution >= 4 is 16.7 Å². The molecule has 1 aromatic heterocycles. The lowest BCUT2D eigenvalue weighted by atomic mass is 10.1. The summed E-state index contributed by atoms with van der Waals surface area (Å²) in [5, 5.41) is 11.4. The lowest BCUT2D eigenvalue weighted by Crippen LogP contribution is -2.37. The molecule has 0 radical (unpaired) electrons. The summed E-state index contributed by atoms with van der Waals surface area (Å²) in [7, 11) is 1.64. The summed E-state index contributed by atoms with van der Waals surface area (Å²) in [6.07, 6.45) is 0. The number of amides is 1. The van der Waals surface area contributed by atoms with Crippen LogP contribution < -0.4 is 4.74 Å². The number of ether oxygens (including phenoxy) is 1. The highest BCUT2D eigenvalue weighted by Gasteiger charge is 2.20. The van der Waals surface area contributed by atoms with Crippen molar-refractivity contribution in [3.05, 3.63) is 66.1 Å².